The average Bonchev–Trinajstić information content (AvgIpc) is 2.69. The molecule has 0 aliphatic heterocycles. The third-order valence-electron chi connectivity index (χ3n) is 4.25. The number of hydrogen-bond acceptors (Lipinski definition) is 4. The summed E-state index contributed by atoms with van der Waals surface area (Å²) in [6.07, 6.45) is 0.120. The quantitative estimate of drug-likeness (QED) is 0.198. The first kappa shape index (κ1) is 19.9. The summed E-state index contributed by atoms with van der Waals surface area (Å²) in [4.78, 5) is 23.1. The number of halogens is 2. The van der Waals surface area contributed by atoms with Gasteiger partial charge in [-0.15, -0.1) is 0 Å². The van der Waals surface area contributed by atoms with Crippen molar-refractivity contribution < 1.29 is 14.1 Å². The minimum atomic E-state index is -0.463. The Morgan fingerprint density at radius 3 is 2.18 bits per heavy atom. The average molecular weight is 490 g/mol. The normalized spacial score (nSPS) is 11.6. The maximum Gasteiger partial charge on any atom is 0.269 e. The zero-order chi connectivity index (χ0) is 20.1. The van der Waals surface area contributed by atoms with Crippen molar-refractivity contribution in [3.05, 3.63) is 103 Å². The number of nitrogens with one attached hydrogen (secondary N) is 1. The first-order valence-corrected chi connectivity index (χ1v) is 9.55. The molecule has 0 aromatic heterocycles. The fraction of sp³-hybridized carbons (Fsp3) is 0.0952. The van der Waals surface area contributed by atoms with Crippen molar-refractivity contribution in [2.75, 3.05) is 5.32 Å². The highest BCUT2D eigenvalue weighted by Gasteiger charge is 2.18. The summed E-state index contributed by atoms with van der Waals surface area (Å²) in [5.41, 5.74) is 1.98. The molecule has 1 unspecified atom stereocenters. The van der Waals surface area contributed by atoms with Gasteiger partial charge in [-0.2, -0.15) is 0 Å². The molecule has 1 N–H and O–H groups in total. The Hall–Kier alpha value is -2.81. The van der Waals surface area contributed by atoms with Crippen molar-refractivity contribution in [1.29, 1.82) is 0 Å². The van der Waals surface area contributed by atoms with Crippen LogP contribution in [0.25, 0.3) is 0 Å². The monoisotopic (exact) mass is 490 g/mol. The van der Waals surface area contributed by atoms with Crippen molar-refractivity contribution in [3.8, 4) is 0 Å². The number of nitro groups is 1. The largest absolute Gasteiger partial charge is 0.378 e. The molecule has 1 atom stereocenters. The molecule has 3 aromatic carbocycles. The number of Topliss-reactive ketones (excluding diaryl/α,β-unsaturated/α-hetero) is 1. The number of carbonyl (C=O) groups is 1. The van der Waals surface area contributed by atoms with Crippen LogP contribution >= 0.6 is 22.6 Å². The Balaban J connectivity index is 1.86. The van der Waals surface area contributed by atoms with E-state index in [4.69, 9.17) is 0 Å². The highest BCUT2D eigenvalue weighted by molar-refractivity contribution is 14.1. The molecular formula is C21H16FIN2O3. The second kappa shape index (κ2) is 8.92. The Labute approximate surface area is 174 Å². The van der Waals surface area contributed by atoms with Gasteiger partial charge in [-0.05, 0) is 76.7 Å². The molecule has 0 aliphatic rings. The third kappa shape index (κ3) is 5.13. The number of nitro benzene ring substituents is 1. The lowest BCUT2D eigenvalue weighted by atomic mass is 9.97. The van der Waals surface area contributed by atoms with Crippen molar-refractivity contribution >= 4 is 39.7 Å². The van der Waals surface area contributed by atoms with Gasteiger partial charge in [0.15, 0.2) is 5.78 Å². The van der Waals surface area contributed by atoms with E-state index in [1.807, 2.05) is 24.3 Å². The molecule has 0 fully saturated rings. The number of non-ortho nitro benzene ring substituents is 1. The Bertz CT molecular complexity index is 974. The van der Waals surface area contributed by atoms with Gasteiger partial charge in [0.05, 0.1) is 11.0 Å². The predicted molar refractivity (Wildman–Crippen MR) is 114 cm³/mol. The molecule has 0 heterocycles. The second-order valence-corrected chi connectivity index (χ2v) is 7.43. The topological polar surface area (TPSA) is 72.2 Å². The van der Waals surface area contributed by atoms with Gasteiger partial charge in [0, 0.05) is 33.4 Å². The molecule has 0 spiro atoms. The summed E-state index contributed by atoms with van der Waals surface area (Å²) >= 11 is 2.21. The van der Waals surface area contributed by atoms with E-state index in [0.717, 1.165) is 14.8 Å². The number of hydrogen-bond donors (Lipinski definition) is 1. The van der Waals surface area contributed by atoms with Crippen LogP contribution in [0.3, 0.4) is 0 Å². The van der Waals surface area contributed by atoms with Crippen LogP contribution in [0.15, 0.2) is 72.8 Å². The van der Waals surface area contributed by atoms with Gasteiger partial charge in [0.1, 0.15) is 5.82 Å². The molecule has 0 amide bonds. The number of carbonyl (C=O) groups excluding carboxylic acids is 1. The highest BCUT2D eigenvalue weighted by Crippen LogP contribution is 2.26. The van der Waals surface area contributed by atoms with Gasteiger partial charge in [-0.25, -0.2) is 4.39 Å². The fourth-order valence-corrected chi connectivity index (χ4v) is 3.13. The van der Waals surface area contributed by atoms with Gasteiger partial charge in [0.25, 0.3) is 5.69 Å². The lowest BCUT2D eigenvalue weighted by molar-refractivity contribution is -0.384. The number of nitrogens with zero attached hydrogens (tertiary/aromatic N) is 1. The van der Waals surface area contributed by atoms with Crippen molar-refractivity contribution in [2.45, 2.75) is 12.5 Å². The summed E-state index contributed by atoms with van der Waals surface area (Å²) in [5.74, 6) is -0.554. The third-order valence-corrected chi connectivity index (χ3v) is 4.97. The standard InChI is InChI=1S/C21H16FIN2O3/c22-16-5-1-15(2-6-16)21(26)13-20(24-18-9-7-17(23)8-10-18)14-3-11-19(12-4-14)25(27)28/h1-12,20,24H,13H2. The predicted octanol–water partition coefficient (Wildman–Crippen LogP) is 5.76. The molecule has 0 saturated carbocycles. The summed E-state index contributed by atoms with van der Waals surface area (Å²) < 4.78 is 14.2. The van der Waals surface area contributed by atoms with Gasteiger partial charge >= 0.3 is 0 Å². The smallest absolute Gasteiger partial charge is 0.269 e. The van der Waals surface area contributed by atoms with Crippen LogP contribution < -0.4 is 5.32 Å². The first-order valence-electron chi connectivity index (χ1n) is 8.47. The van der Waals surface area contributed by atoms with E-state index in [1.165, 1.54) is 36.4 Å². The van der Waals surface area contributed by atoms with Crippen LogP contribution in [0, 0.1) is 19.5 Å². The van der Waals surface area contributed by atoms with Crippen LogP contribution in [0.4, 0.5) is 15.8 Å². The molecule has 0 radical (unpaired) electrons. The van der Waals surface area contributed by atoms with E-state index in [9.17, 15) is 19.3 Å². The zero-order valence-electron chi connectivity index (χ0n) is 14.6. The lowest BCUT2D eigenvalue weighted by Gasteiger charge is -2.20. The second-order valence-electron chi connectivity index (χ2n) is 6.19. The molecule has 0 aliphatic carbocycles. The number of anilines is 1. The Morgan fingerprint density at radius 2 is 1.61 bits per heavy atom. The number of benzene rings is 3. The molecule has 142 valence electrons. The zero-order valence-corrected chi connectivity index (χ0v) is 16.8. The van der Waals surface area contributed by atoms with Gasteiger partial charge < -0.3 is 5.32 Å². The molecule has 3 rings (SSSR count). The minimum absolute atomic E-state index is 0.0124. The van der Waals surface area contributed by atoms with Gasteiger partial charge in [-0.1, -0.05) is 12.1 Å². The van der Waals surface area contributed by atoms with E-state index in [-0.39, 0.29) is 17.9 Å². The first-order chi connectivity index (χ1) is 13.4. The van der Waals surface area contributed by atoms with E-state index < -0.39 is 16.8 Å². The van der Waals surface area contributed by atoms with Crippen LogP contribution in [0.5, 0.6) is 0 Å². The SMILES string of the molecule is O=C(CC(Nc1ccc(I)cc1)c1ccc([N+](=O)[O-])cc1)c1ccc(F)cc1. The molecule has 28 heavy (non-hydrogen) atoms. The molecule has 5 nitrogen and oxygen atoms in total. The van der Waals surface area contributed by atoms with E-state index >= 15 is 0 Å². The van der Waals surface area contributed by atoms with Crippen LogP contribution in [0.1, 0.15) is 28.4 Å². The van der Waals surface area contributed by atoms with E-state index in [1.54, 1.807) is 12.1 Å². The summed E-state index contributed by atoms with van der Waals surface area (Å²) in [6, 6.07) is 18.8. The summed E-state index contributed by atoms with van der Waals surface area (Å²) in [5, 5.41) is 14.2. The van der Waals surface area contributed by atoms with Crippen molar-refractivity contribution in [3.63, 3.8) is 0 Å². The summed E-state index contributed by atoms with van der Waals surface area (Å²) in [7, 11) is 0. The van der Waals surface area contributed by atoms with E-state index in [0.29, 0.717) is 5.56 Å². The summed E-state index contributed by atoms with van der Waals surface area (Å²) in [6.45, 7) is 0. The van der Waals surface area contributed by atoms with Crippen LogP contribution in [-0.2, 0) is 0 Å². The fourth-order valence-electron chi connectivity index (χ4n) is 2.77. The number of rotatable bonds is 7. The highest BCUT2D eigenvalue weighted by atomic mass is 127. The van der Waals surface area contributed by atoms with Crippen molar-refractivity contribution in [2.24, 2.45) is 0 Å². The maximum absolute atomic E-state index is 13.1. The molecule has 0 saturated heterocycles. The van der Waals surface area contributed by atoms with Gasteiger partial charge in [-0.3, -0.25) is 14.9 Å². The Morgan fingerprint density at radius 1 is 1.00 bits per heavy atom. The number of ketones is 1. The van der Waals surface area contributed by atoms with Crippen molar-refractivity contribution in [1.82, 2.24) is 0 Å². The van der Waals surface area contributed by atoms with Crippen LogP contribution in [-0.4, -0.2) is 10.7 Å². The lowest BCUT2D eigenvalue weighted by Crippen LogP contribution is -2.16. The van der Waals surface area contributed by atoms with Crippen LogP contribution in [0.2, 0.25) is 0 Å². The van der Waals surface area contributed by atoms with E-state index in [2.05, 4.69) is 27.9 Å². The molecule has 0 bridgehead atoms. The maximum atomic E-state index is 13.1. The Kier molecular flexibility index (Phi) is 6.35. The molecule has 7 heteroatoms. The molecular weight excluding hydrogens is 474 g/mol. The molecule has 3 aromatic rings. The minimum Gasteiger partial charge on any atom is -0.378 e. The van der Waals surface area contributed by atoms with Gasteiger partial charge in [0.2, 0.25) is 0 Å².